The summed E-state index contributed by atoms with van der Waals surface area (Å²) in [7, 11) is -1.31. The fourth-order valence-corrected chi connectivity index (χ4v) is 15.4. The number of allylic oxidation sites excluding steroid dienone is 1. The molecule has 298 valence electrons. The van der Waals surface area contributed by atoms with Crippen molar-refractivity contribution in [2.24, 2.45) is 17.8 Å². The SMILES string of the molecule is CCC/C(=C\c1cc(I)c(O)c(OC)c1)CC[C@H]1OC[C@H]2C1=C(CO[Si](c1ccccc1)(c1ccccc1)C(C)(C)C)C[C@H]1C(=O)N(C3CCCCC3)C(=O)[C@H]12. The summed E-state index contributed by atoms with van der Waals surface area (Å²) in [6.45, 7) is 9.93. The van der Waals surface area contributed by atoms with Crippen LogP contribution in [0.2, 0.25) is 5.04 Å². The zero-order chi connectivity index (χ0) is 39.6. The van der Waals surface area contributed by atoms with Gasteiger partial charge in [0, 0.05) is 12.0 Å². The number of methoxy groups -OCH3 is 1. The number of likely N-dealkylation sites (tertiary alicyclic amines) is 1. The van der Waals surface area contributed by atoms with Gasteiger partial charge in [0.2, 0.25) is 11.8 Å². The highest BCUT2D eigenvalue weighted by atomic mass is 127. The molecule has 0 unspecified atom stereocenters. The van der Waals surface area contributed by atoms with Gasteiger partial charge in [-0.1, -0.05) is 126 Å². The summed E-state index contributed by atoms with van der Waals surface area (Å²) in [5.41, 5.74) is 4.65. The third-order valence-electron chi connectivity index (χ3n) is 12.8. The molecule has 3 aromatic rings. The van der Waals surface area contributed by atoms with Crippen molar-refractivity contribution in [1.82, 2.24) is 4.90 Å². The summed E-state index contributed by atoms with van der Waals surface area (Å²) in [4.78, 5) is 30.5. The lowest BCUT2D eigenvalue weighted by Crippen LogP contribution is -2.66. The summed E-state index contributed by atoms with van der Waals surface area (Å²) in [6.07, 6.45) is 11.2. The van der Waals surface area contributed by atoms with Crippen LogP contribution in [0.4, 0.5) is 0 Å². The Bertz CT molecular complexity index is 1910. The molecule has 1 saturated carbocycles. The van der Waals surface area contributed by atoms with Gasteiger partial charge in [0.25, 0.3) is 8.32 Å². The number of halogens is 1. The van der Waals surface area contributed by atoms with Crippen LogP contribution in [-0.4, -0.2) is 62.6 Å². The number of rotatable bonds is 13. The maximum Gasteiger partial charge on any atom is 0.261 e. The van der Waals surface area contributed by atoms with Crippen LogP contribution >= 0.6 is 22.6 Å². The fraction of sp³-hybridized carbons (Fsp3) is 0.489. The molecule has 2 heterocycles. The topological polar surface area (TPSA) is 85.3 Å². The van der Waals surface area contributed by atoms with Gasteiger partial charge in [-0.2, -0.15) is 0 Å². The summed E-state index contributed by atoms with van der Waals surface area (Å²) in [6, 6.07) is 25.3. The average molecular weight is 888 g/mol. The number of fused-ring (bicyclic) bond motifs is 3. The van der Waals surface area contributed by atoms with Crippen molar-refractivity contribution in [2.75, 3.05) is 20.3 Å². The molecule has 0 spiro atoms. The summed E-state index contributed by atoms with van der Waals surface area (Å²) in [5.74, 6) is -0.226. The van der Waals surface area contributed by atoms with E-state index in [-0.39, 0.29) is 52.5 Å². The highest BCUT2D eigenvalue weighted by Gasteiger charge is 2.59. The van der Waals surface area contributed by atoms with E-state index in [1.165, 1.54) is 27.9 Å². The van der Waals surface area contributed by atoms with Gasteiger partial charge in [-0.25, -0.2) is 0 Å². The highest BCUT2D eigenvalue weighted by Crippen LogP contribution is 2.51. The van der Waals surface area contributed by atoms with Crippen molar-refractivity contribution in [3.63, 3.8) is 0 Å². The van der Waals surface area contributed by atoms with E-state index in [9.17, 15) is 14.7 Å². The predicted molar refractivity (Wildman–Crippen MR) is 234 cm³/mol. The van der Waals surface area contributed by atoms with Crippen molar-refractivity contribution < 1.29 is 28.6 Å². The van der Waals surface area contributed by atoms with Crippen LogP contribution in [-0.2, 0) is 18.8 Å². The van der Waals surface area contributed by atoms with Crippen molar-refractivity contribution >= 4 is 59.2 Å². The molecule has 2 saturated heterocycles. The molecular formula is C47H58INO6Si. The van der Waals surface area contributed by atoms with Crippen LogP contribution in [0.15, 0.2) is 89.5 Å². The number of carbonyl (C=O) groups excluding carboxylic acids is 2. The number of benzene rings is 3. The molecule has 56 heavy (non-hydrogen) atoms. The van der Waals surface area contributed by atoms with Crippen LogP contribution < -0.4 is 15.1 Å². The van der Waals surface area contributed by atoms with Gasteiger partial charge < -0.3 is 19.0 Å². The Kier molecular flexibility index (Phi) is 12.6. The number of imide groups is 1. The summed E-state index contributed by atoms with van der Waals surface area (Å²) < 4.78 is 20.5. The normalized spacial score (nSPS) is 23.5. The third kappa shape index (κ3) is 7.82. The monoisotopic (exact) mass is 887 g/mol. The number of amides is 2. The number of phenolic OH excluding ortho intramolecular Hbond substituents is 1. The molecule has 7 rings (SSSR count). The Labute approximate surface area is 348 Å². The number of phenols is 1. The van der Waals surface area contributed by atoms with Crippen molar-refractivity contribution in [2.45, 2.75) is 109 Å². The van der Waals surface area contributed by atoms with Gasteiger partial charge in [0.15, 0.2) is 11.5 Å². The fourth-order valence-electron chi connectivity index (χ4n) is 10.3. The lowest BCUT2D eigenvalue weighted by atomic mass is 9.69. The lowest BCUT2D eigenvalue weighted by molar-refractivity contribution is -0.143. The molecule has 2 amide bonds. The van der Waals surface area contributed by atoms with E-state index >= 15 is 0 Å². The first-order valence-electron chi connectivity index (χ1n) is 20.7. The first-order chi connectivity index (χ1) is 27.0. The molecular weight excluding hydrogens is 830 g/mol. The zero-order valence-electron chi connectivity index (χ0n) is 33.7. The Morgan fingerprint density at radius 3 is 2.21 bits per heavy atom. The zero-order valence-corrected chi connectivity index (χ0v) is 36.8. The minimum Gasteiger partial charge on any atom is -0.504 e. The molecule has 1 N–H and O–H groups in total. The van der Waals surface area contributed by atoms with Gasteiger partial charge in [-0.15, -0.1) is 0 Å². The van der Waals surface area contributed by atoms with Crippen molar-refractivity contribution in [3.05, 3.63) is 98.6 Å². The standard InChI is InChI=1S/C47H58INO6Si/c1-6-16-31(25-32-26-39(48)44(50)41(27-32)53-5)23-24-40-42-33(28-37-43(38(42)30-54-40)46(52)49(45(37)51)34-17-10-7-11-18-34)29-55-56(47(2,3)4,35-19-12-8-13-20-35)36-21-14-9-15-22-36/h8-9,12-15,19-22,25-27,34,37-38,40,43,50H,6-7,10-11,16-18,23-24,28-30H2,1-5H3/b31-25+/t37-,38+,40-,43-/m1/s1. The van der Waals surface area contributed by atoms with E-state index in [0.29, 0.717) is 25.4 Å². The van der Waals surface area contributed by atoms with Gasteiger partial charge in [0.1, 0.15) is 0 Å². The van der Waals surface area contributed by atoms with Crippen LogP contribution in [0, 0.1) is 21.3 Å². The second-order valence-corrected chi connectivity index (χ2v) is 22.7. The smallest absolute Gasteiger partial charge is 0.261 e. The molecule has 0 bridgehead atoms. The molecule has 9 heteroatoms. The van der Waals surface area contributed by atoms with Gasteiger partial charge in [-0.3, -0.25) is 14.5 Å². The molecule has 2 aliphatic carbocycles. The molecule has 2 aliphatic heterocycles. The number of hydrogen-bond donors (Lipinski definition) is 1. The van der Waals surface area contributed by atoms with E-state index < -0.39 is 8.32 Å². The minimum atomic E-state index is -2.89. The van der Waals surface area contributed by atoms with Gasteiger partial charge >= 0.3 is 0 Å². The highest BCUT2D eigenvalue weighted by molar-refractivity contribution is 14.1. The predicted octanol–water partition coefficient (Wildman–Crippen LogP) is 9.19. The third-order valence-corrected chi connectivity index (χ3v) is 18.6. The Balaban J connectivity index is 1.26. The Morgan fingerprint density at radius 2 is 1.61 bits per heavy atom. The largest absolute Gasteiger partial charge is 0.504 e. The Morgan fingerprint density at radius 1 is 0.946 bits per heavy atom. The van der Waals surface area contributed by atoms with E-state index in [4.69, 9.17) is 13.9 Å². The van der Waals surface area contributed by atoms with Crippen LogP contribution in [0.25, 0.3) is 6.08 Å². The number of aromatic hydroxyl groups is 1. The van der Waals surface area contributed by atoms with E-state index in [1.807, 2.05) is 12.1 Å². The van der Waals surface area contributed by atoms with E-state index in [1.54, 1.807) is 12.0 Å². The maximum atomic E-state index is 14.4. The average Bonchev–Trinajstić information content (AvgIpc) is 3.73. The maximum absolute atomic E-state index is 14.4. The molecule has 7 nitrogen and oxygen atoms in total. The second kappa shape index (κ2) is 17.3. The number of ether oxygens (including phenoxy) is 2. The molecule has 3 aromatic carbocycles. The summed E-state index contributed by atoms with van der Waals surface area (Å²) >= 11 is 2.15. The lowest BCUT2D eigenvalue weighted by Gasteiger charge is -2.44. The first-order valence-corrected chi connectivity index (χ1v) is 23.7. The molecule has 4 atom stereocenters. The van der Waals surface area contributed by atoms with E-state index in [0.717, 1.165) is 66.1 Å². The quantitative estimate of drug-likeness (QED) is 0.0798. The van der Waals surface area contributed by atoms with Crippen molar-refractivity contribution in [1.29, 1.82) is 0 Å². The van der Waals surface area contributed by atoms with Gasteiger partial charge in [-0.05, 0) is 105 Å². The number of nitrogens with zero attached hydrogens (tertiary/aromatic N) is 1. The first kappa shape index (κ1) is 40.9. The summed E-state index contributed by atoms with van der Waals surface area (Å²) in [5, 5.41) is 12.7. The van der Waals surface area contributed by atoms with E-state index in [2.05, 4.69) is 117 Å². The van der Waals surface area contributed by atoms with Gasteiger partial charge in [0.05, 0.1) is 41.8 Å². The number of hydrogen-bond acceptors (Lipinski definition) is 6. The Hall–Kier alpha value is -3.25. The number of carbonyl (C=O) groups is 2. The molecule has 0 radical (unpaired) electrons. The molecule has 4 aliphatic rings. The van der Waals surface area contributed by atoms with Crippen molar-refractivity contribution in [3.8, 4) is 11.5 Å². The minimum absolute atomic E-state index is 0.0102. The van der Waals surface area contributed by atoms with Crippen LogP contribution in [0.5, 0.6) is 11.5 Å². The molecule has 3 fully saturated rings. The van der Waals surface area contributed by atoms with Crippen LogP contribution in [0.3, 0.4) is 0 Å². The van der Waals surface area contributed by atoms with Crippen LogP contribution in [0.1, 0.15) is 97.5 Å². The molecule has 0 aromatic heterocycles. The second-order valence-electron chi connectivity index (χ2n) is 17.3.